The van der Waals surface area contributed by atoms with Gasteiger partial charge in [0.15, 0.2) is 0 Å². The number of nitrogens with one attached hydrogen (secondary N) is 1. The first kappa shape index (κ1) is 27.8. The van der Waals surface area contributed by atoms with Crippen LogP contribution in [0.4, 0.5) is 13.2 Å². The molecule has 8 nitrogen and oxygen atoms in total. The lowest BCUT2D eigenvalue weighted by atomic mass is 10.1. The van der Waals surface area contributed by atoms with Crippen LogP contribution in [0.3, 0.4) is 0 Å². The van der Waals surface area contributed by atoms with Gasteiger partial charge in [0.05, 0.1) is 0 Å². The van der Waals surface area contributed by atoms with Crippen LogP contribution in [0.1, 0.15) is 17.5 Å². The maximum Gasteiger partial charge on any atom is 0.490 e. The zero-order valence-corrected chi connectivity index (χ0v) is 20.0. The molecule has 188 valence electrons. The van der Waals surface area contributed by atoms with Gasteiger partial charge in [-0.15, -0.1) is 11.3 Å². The first-order valence-corrected chi connectivity index (χ1v) is 12.6. The number of benzene rings is 1. The summed E-state index contributed by atoms with van der Waals surface area (Å²) in [6, 6.07) is 11.1. The van der Waals surface area contributed by atoms with E-state index in [1.54, 1.807) is 22.4 Å². The van der Waals surface area contributed by atoms with E-state index >= 15 is 0 Å². The molecule has 0 unspecified atom stereocenters. The summed E-state index contributed by atoms with van der Waals surface area (Å²) in [5.41, 5.74) is 2.00. The van der Waals surface area contributed by atoms with E-state index in [0.29, 0.717) is 17.3 Å². The van der Waals surface area contributed by atoms with Gasteiger partial charge >= 0.3 is 12.1 Å². The molecule has 1 aromatic carbocycles. The number of hydrogen-bond acceptors (Lipinski definition) is 6. The molecule has 1 amide bonds. The second-order valence-corrected chi connectivity index (χ2v) is 10.6. The molecular formula is C21H26F3N3O5S2. The van der Waals surface area contributed by atoms with Gasteiger partial charge in [0.2, 0.25) is 5.91 Å². The van der Waals surface area contributed by atoms with E-state index in [0.717, 1.165) is 24.2 Å². The second-order valence-electron chi connectivity index (χ2n) is 7.44. The normalized spacial score (nSPS) is 14.4. The standard InChI is InChI=1S/C19H25N3O3S2.C2HF3O2/c1-16-4-2-5-17(14-16)15-22(27(24,25)19-6-3-13-26-19)10-7-18(23)21-11-8-20-9-12-21;3-2(4,5)1(6)7/h2-6,13-14,20H,7-12,15H2,1H3;(H,6,7). The van der Waals surface area contributed by atoms with Crippen molar-refractivity contribution >= 4 is 33.2 Å². The smallest absolute Gasteiger partial charge is 0.475 e. The molecule has 0 bridgehead atoms. The number of aliphatic carboxylic acids is 1. The summed E-state index contributed by atoms with van der Waals surface area (Å²) in [7, 11) is -3.63. The number of thiophene rings is 1. The number of aryl methyl sites for hydroxylation is 1. The van der Waals surface area contributed by atoms with Gasteiger partial charge < -0.3 is 15.3 Å². The molecule has 1 aromatic heterocycles. The highest BCUT2D eigenvalue weighted by molar-refractivity contribution is 7.91. The Balaban J connectivity index is 0.000000509. The van der Waals surface area contributed by atoms with Crippen molar-refractivity contribution in [3.63, 3.8) is 0 Å². The second kappa shape index (κ2) is 12.3. The van der Waals surface area contributed by atoms with E-state index in [1.165, 1.54) is 15.6 Å². The Labute approximate surface area is 200 Å². The molecule has 1 fully saturated rings. The van der Waals surface area contributed by atoms with Crippen molar-refractivity contribution in [3.8, 4) is 0 Å². The molecule has 2 aromatic rings. The summed E-state index contributed by atoms with van der Waals surface area (Å²) < 4.78 is 59.6. The van der Waals surface area contributed by atoms with Gasteiger partial charge in [-0.1, -0.05) is 35.9 Å². The first-order valence-electron chi connectivity index (χ1n) is 10.3. The Morgan fingerprint density at radius 1 is 1.18 bits per heavy atom. The van der Waals surface area contributed by atoms with E-state index in [-0.39, 0.29) is 25.4 Å². The Morgan fingerprint density at radius 2 is 1.82 bits per heavy atom. The zero-order chi connectivity index (χ0) is 25.4. The summed E-state index contributed by atoms with van der Waals surface area (Å²) in [4.78, 5) is 23.2. The van der Waals surface area contributed by atoms with Crippen LogP contribution in [0.15, 0.2) is 46.0 Å². The molecule has 0 aliphatic carbocycles. The van der Waals surface area contributed by atoms with Crippen molar-refractivity contribution in [2.45, 2.75) is 30.3 Å². The number of alkyl halides is 3. The minimum absolute atomic E-state index is 0.00659. The van der Waals surface area contributed by atoms with Gasteiger partial charge in [-0.2, -0.15) is 17.5 Å². The van der Waals surface area contributed by atoms with Gasteiger partial charge in [-0.3, -0.25) is 4.79 Å². The van der Waals surface area contributed by atoms with Gasteiger partial charge in [-0.05, 0) is 23.9 Å². The summed E-state index contributed by atoms with van der Waals surface area (Å²) in [6.45, 7) is 5.34. The predicted octanol–water partition coefficient (Wildman–Crippen LogP) is 2.70. The molecule has 0 radical (unpaired) electrons. The van der Waals surface area contributed by atoms with E-state index in [2.05, 4.69) is 5.32 Å². The Hall–Kier alpha value is -2.48. The Bertz CT molecular complexity index is 1050. The van der Waals surface area contributed by atoms with Crippen LogP contribution >= 0.6 is 11.3 Å². The number of hydrogen-bond donors (Lipinski definition) is 2. The molecule has 1 aliphatic heterocycles. The van der Waals surface area contributed by atoms with Crippen molar-refractivity contribution in [1.82, 2.24) is 14.5 Å². The molecule has 13 heteroatoms. The fourth-order valence-corrected chi connectivity index (χ4v) is 5.70. The number of carboxylic acids is 1. The molecule has 1 saturated heterocycles. The van der Waals surface area contributed by atoms with Crippen LogP contribution in [-0.4, -0.2) is 73.5 Å². The number of nitrogens with zero attached hydrogens (tertiary/aromatic N) is 2. The summed E-state index contributed by atoms with van der Waals surface area (Å²) in [5.74, 6) is -2.75. The van der Waals surface area contributed by atoms with Gasteiger partial charge in [0.1, 0.15) is 4.21 Å². The molecule has 0 spiro atoms. The van der Waals surface area contributed by atoms with Gasteiger partial charge in [0.25, 0.3) is 10.0 Å². The predicted molar refractivity (Wildman–Crippen MR) is 121 cm³/mol. The third-order valence-corrected chi connectivity index (χ3v) is 8.04. The molecular weight excluding hydrogens is 495 g/mol. The summed E-state index contributed by atoms with van der Waals surface area (Å²) in [6.07, 6.45) is -4.89. The lowest BCUT2D eigenvalue weighted by Gasteiger charge is -2.28. The maximum atomic E-state index is 13.1. The number of rotatable bonds is 7. The Kier molecular flexibility index (Phi) is 10.0. The van der Waals surface area contributed by atoms with E-state index in [4.69, 9.17) is 9.90 Å². The van der Waals surface area contributed by atoms with Crippen LogP contribution in [0.25, 0.3) is 0 Å². The largest absolute Gasteiger partial charge is 0.490 e. The number of carbonyl (C=O) groups excluding carboxylic acids is 1. The quantitative estimate of drug-likeness (QED) is 0.580. The minimum Gasteiger partial charge on any atom is -0.475 e. The monoisotopic (exact) mass is 521 g/mol. The molecule has 34 heavy (non-hydrogen) atoms. The lowest BCUT2D eigenvalue weighted by Crippen LogP contribution is -2.47. The average Bonchev–Trinajstić information content (AvgIpc) is 3.33. The molecule has 2 N–H and O–H groups in total. The summed E-state index contributed by atoms with van der Waals surface area (Å²) >= 11 is 1.20. The number of amides is 1. The lowest BCUT2D eigenvalue weighted by molar-refractivity contribution is -0.192. The zero-order valence-electron chi connectivity index (χ0n) is 18.4. The average molecular weight is 522 g/mol. The molecule has 1 aliphatic rings. The van der Waals surface area contributed by atoms with Crippen molar-refractivity contribution in [2.24, 2.45) is 0 Å². The van der Waals surface area contributed by atoms with Gasteiger partial charge in [0, 0.05) is 45.7 Å². The molecule has 0 saturated carbocycles. The van der Waals surface area contributed by atoms with E-state index in [1.807, 2.05) is 31.2 Å². The number of carbonyl (C=O) groups is 2. The van der Waals surface area contributed by atoms with Crippen LogP contribution < -0.4 is 5.32 Å². The van der Waals surface area contributed by atoms with Crippen LogP contribution in [0.5, 0.6) is 0 Å². The maximum absolute atomic E-state index is 13.1. The van der Waals surface area contributed by atoms with Crippen molar-refractivity contribution in [1.29, 1.82) is 0 Å². The highest BCUT2D eigenvalue weighted by atomic mass is 32.2. The number of halogens is 3. The topological polar surface area (TPSA) is 107 Å². The third-order valence-electron chi connectivity index (χ3n) is 4.82. The van der Waals surface area contributed by atoms with Crippen molar-refractivity contribution in [2.75, 3.05) is 32.7 Å². The van der Waals surface area contributed by atoms with E-state index in [9.17, 15) is 26.4 Å². The third kappa shape index (κ3) is 8.38. The number of sulfonamides is 1. The minimum atomic E-state index is -5.08. The summed E-state index contributed by atoms with van der Waals surface area (Å²) in [5, 5.41) is 12.1. The molecule has 0 atom stereocenters. The molecule has 3 rings (SSSR count). The van der Waals surface area contributed by atoms with Crippen LogP contribution in [0.2, 0.25) is 0 Å². The fourth-order valence-electron chi connectivity index (χ4n) is 3.13. The number of carboxylic acid groups (broad SMARTS) is 1. The highest BCUT2D eigenvalue weighted by Gasteiger charge is 2.38. The van der Waals surface area contributed by atoms with Crippen LogP contribution in [-0.2, 0) is 26.2 Å². The fraction of sp³-hybridized carbons (Fsp3) is 0.429. The highest BCUT2D eigenvalue weighted by Crippen LogP contribution is 2.23. The van der Waals surface area contributed by atoms with Gasteiger partial charge in [-0.25, -0.2) is 13.2 Å². The van der Waals surface area contributed by atoms with E-state index < -0.39 is 22.2 Å². The van der Waals surface area contributed by atoms with Crippen molar-refractivity contribution in [3.05, 3.63) is 52.9 Å². The Morgan fingerprint density at radius 3 is 2.35 bits per heavy atom. The SMILES string of the molecule is Cc1cccc(CN(CCC(=O)N2CCNCC2)S(=O)(=O)c2cccs2)c1.O=C(O)C(F)(F)F. The number of piperazine rings is 1. The van der Waals surface area contributed by atoms with Crippen LogP contribution in [0, 0.1) is 6.92 Å². The van der Waals surface area contributed by atoms with Crippen molar-refractivity contribution < 1.29 is 36.3 Å². The first-order chi connectivity index (χ1) is 15.9. The molecule has 2 heterocycles.